The SMILES string of the molecule is COc1cc(C(=O)O)cc2c1nc(Cc1cc(C)c3cc1OCCCc1cc(C#N)ccc1COc1cccc-3c1)n2C[C@@H]1CCO1. The van der Waals surface area contributed by atoms with Crippen LogP contribution in [0, 0.1) is 18.3 Å². The minimum absolute atomic E-state index is 0.0305. The Morgan fingerprint density at radius 2 is 1.96 bits per heavy atom. The van der Waals surface area contributed by atoms with Gasteiger partial charge >= 0.3 is 5.97 Å². The molecule has 4 bridgehead atoms. The van der Waals surface area contributed by atoms with Crippen LogP contribution >= 0.6 is 0 Å². The minimum Gasteiger partial charge on any atom is -0.494 e. The Morgan fingerprint density at radius 1 is 1.09 bits per heavy atom. The Labute approximate surface area is 272 Å². The van der Waals surface area contributed by atoms with Gasteiger partial charge in [-0.3, -0.25) is 0 Å². The summed E-state index contributed by atoms with van der Waals surface area (Å²) in [5.74, 6) is 1.69. The van der Waals surface area contributed by atoms with Crippen LogP contribution in [0.4, 0.5) is 0 Å². The fourth-order valence-electron chi connectivity index (χ4n) is 6.42. The Bertz CT molecular complexity index is 2040. The van der Waals surface area contributed by atoms with E-state index in [0.717, 1.165) is 70.0 Å². The van der Waals surface area contributed by atoms with E-state index in [0.29, 0.717) is 55.1 Å². The molecule has 3 heterocycles. The van der Waals surface area contributed by atoms with Gasteiger partial charge in [0.15, 0.2) is 0 Å². The third-order valence-electron chi connectivity index (χ3n) is 9.02. The van der Waals surface area contributed by atoms with Gasteiger partial charge in [0.05, 0.1) is 49.1 Å². The summed E-state index contributed by atoms with van der Waals surface area (Å²) < 4.78 is 26.3. The maximum absolute atomic E-state index is 12.0. The lowest BCUT2D eigenvalue weighted by Crippen LogP contribution is -2.31. The van der Waals surface area contributed by atoms with Crippen molar-refractivity contribution < 1.29 is 28.8 Å². The van der Waals surface area contributed by atoms with E-state index in [2.05, 4.69) is 35.8 Å². The molecule has 0 amide bonds. The number of hydrogen-bond donors (Lipinski definition) is 1. The number of aromatic carboxylic acids is 1. The molecule has 1 fully saturated rings. The molecule has 9 nitrogen and oxygen atoms in total. The van der Waals surface area contributed by atoms with E-state index < -0.39 is 5.97 Å². The molecular weight excluding hydrogens is 594 g/mol. The monoisotopic (exact) mass is 629 g/mol. The van der Waals surface area contributed by atoms with Crippen molar-refractivity contribution in [3.05, 3.63) is 106 Å². The number of hydrogen-bond acceptors (Lipinski definition) is 7. The van der Waals surface area contributed by atoms with Crippen molar-refractivity contribution in [2.75, 3.05) is 20.3 Å². The van der Waals surface area contributed by atoms with Crippen LogP contribution in [0.15, 0.2) is 66.7 Å². The number of aryl methyl sites for hydroxylation is 2. The number of imidazole rings is 1. The number of ether oxygens (including phenoxy) is 4. The highest BCUT2D eigenvalue weighted by molar-refractivity contribution is 5.95. The van der Waals surface area contributed by atoms with Gasteiger partial charge in [0.25, 0.3) is 0 Å². The molecule has 0 unspecified atom stereocenters. The molecule has 2 aliphatic rings. The van der Waals surface area contributed by atoms with Crippen molar-refractivity contribution in [3.63, 3.8) is 0 Å². The summed E-state index contributed by atoms with van der Waals surface area (Å²) in [5.41, 5.74) is 8.34. The molecule has 1 aromatic heterocycles. The number of methoxy groups -OCH3 is 1. The second kappa shape index (κ2) is 12.8. The van der Waals surface area contributed by atoms with Crippen LogP contribution in [-0.2, 0) is 30.7 Å². The van der Waals surface area contributed by atoms with Crippen molar-refractivity contribution in [2.24, 2.45) is 0 Å². The summed E-state index contributed by atoms with van der Waals surface area (Å²) in [6.07, 6.45) is 2.91. The highest BCUT2D eigenvalue weighted by atomic mass is 16.5. The van der Waals surface area contributed by atoms with Crippen LogP contribution in [0.2, 0.25) is 0 Å². The fourth-order valence-corrected chi connectivity index (χ4v) is 6.42. The zero-order valence-corrected chi connectivity index (χ0v) is 26.4. The Kier molecular flexibility index (Phi) is 8.27. The summed E-state index contributed by atoms with van der Waals surface area (Å²) in [5, 5.41) is 19.3. The Morgan fingerprint density at radius 3 is 2.72 bits per heavy atom. The zero-order chi connectivity index (χ0) is 32.5. The molecule has 0 aliphatic carbocycles. The number of nitrogens with zero attached hydrogens (tertiary/aromatic N) is 3. The molecular formula is C38H35N3O6. The number of nitriles is 1. The quantitative estimate of drug-likeness (QED) is 0.216. The van der Waals surface area contributed by atoms with Gasteiger partial charge < -0.3 is 28.6 Å². The molecule has 7 rings (SSSR count). The molecule has 1 saturated heterocycles. The second-order valence-corrected chi connectivity index (χ2v) is 12.1. The highest BCUT2D eigenvalue weighted by Crippen LogP contribution is 2.36. The first-order valence-electron chi connectivity index (χ1n) is 15.8. The number of benzene rings is 4. The summed E-state index contributed by atoms with van der Waals surface area (Å²) in [6.45, 7) is 4.26. The molecule has 9 heteroatoms. The van der Waals surface area contributed by atoms with Gasteiger partial charge in [-0.25, -0.2) is 9.78 Å². The van der Waals surface area contributed by atoms with E-state index in [1.807, 2.05) is 36.4 Å². The Hall–Kier alpha value is -5.33. The normalized spacial score (nSPS) is 15.7. The van der Waals surface area contributed by atoms with Crippen molar-refractivity contribution in [2.45, 2.75) is 51.9 Å². The first-order chi connectivity index (χ1) is 22.9. The van der Waals surface area contributed by atoms with Gasteiger partial charge in [-0.05, 0) is 96.5 Å². The topological polar surface area (TPSA) is 116 Å². The van der Waals surface area contributed by atoms with Gasteiger partial charge in [-0.1, -0.05) is 24.3 Å². The molecule has 1 N–H and O–H groups in total. The highest BCUT2D eigenvalue weighted by Gasteiger charge is 2.25. The average molecular weight is 630 g/mol. The van der Waals surface area contributed by atoms with Gasteiger partial charge in [-0.2, -0.15) is 5.26 Å². The van der Waals surface area contributed by atoms with E-state index in [-0.39, 0.29) is 11.7 Å². The standard InChI is InChI=1S/C38H35N3O6/c1-23-13-28(18-36-40-37-33(41(36)21-31-10-12-45-31)16-29(38(42)43)17-35(37)44-2)34-19-32(23)26-5-3-7-30(15-26)47-22-27-9-8-24(20-39)14-25(27)6-4-11-46-34/h3,5,7-9,13-17,19,31H,4,6,10-12,18,21-22H2,1-2H3,(H,42,43)/t31-/m0/s1. The smallest absolute Gasteiger partial charge is 0.335 e. The maximum Gasteiger partial charge on any atom is 0.335 e. The molecule has 0 saturated carbocycles. The van der Waals surface area contributed by atoms with Crippen molar-refractivity contribution in [3.8, 4) is 34.4 Å². The first-order valence-corrected chi connectivity index (χ1v) is 15.8. The minimum atomic E-state index is -1.03. The lowest BCUT2D eigenvalue weighted by atomic mass is 9.96. The van der Waals surface area contributed by atoms with Gasteiger partial charge in [0.1, 0.15) is 35.2 Å². The zero-order valence-electron chi connectivity index (χ0n) is 26.4. The van der Waals surface area contributed by atoms with Gasteiger partial charge in [0, 0.05) is 18.6 Å². The predicted molar refractivity (Wildman–Crippen MR) is 176 cm³/mol. The van der Waals surface area contributed by atoms with Crippen molar-refractivity contribution >= 4 is 17.0 Å². The number of carboxylic acid groups (broad SMARTS) is 1. The van der Waals surface area contributed by atoms with Crippen LogP contribution in [-0.4, -0.2) is 47.1 Å². The number of carbonyl (C=O) groups is 1. The number of rotatable bonds is 6. The number of carboxylic acids is 1. The molecule has 4 aromatic carbocycles. The maximum atomic E-state index is 12.0. The van der Waals surface area contributed by atoms with E-state index in [9.17, 15) is 15.2 Å². The van der Waals surface area contributed by atoms with Crippen LogP contribution in [0.25, 0.3) is 22.2 Å². The van der Waals surface area contributed by atoms with Crippen molar-refractivity contribution in [1.82, 2.24) is 9.55 Å². The summed E-state index contributed by atoms with van der Waals surface area (Å²) in [6, 6.07) is 23.5. The largest absolute Gasteiger partial charge is 0.494 e. The average Bonchev–Trinajstić information content (AvgIpc) is 3.40. The molecule has 238 valence electrons. The van der Waals surface area contributed by atoms with Crippen LogP contribution in [0.3, 0.4) is 0 Å². The summed E-state index contributed by atoms with van der Waals surface area (Å²) in [7, 11) is 1.53. The predicted octanol–water partition coefficient (Wildman–Crippen LogP) is 6.87. The van der Waals surface area contributed by atoms with Crippen LogP contribution < -0.4 is 14.2 Å². The van der Waals surface area contributed by atoms with E-state index >= 15 is 0 Å². The molecule has 2 aliphatic heterocycles. The van der Waals surface area contributed by atoms with Gasteiger partial charge in [0.2, 0.25) is 0 Å². The van der Waals surface area contributed by atoms with E-state index in [1.54, 1.807) is 6.07 Å². The van der Waals surface area contributed by atoms with Crippen LogP contribution in [0.1, 0.15) is 56.8 Å². The third-order valence-corrected chi connectivity index (χ3v) is 9.02. The lowest BCUT2D eigenvalue weighted by molar-refractivity contribution is -0.0589. The molecule has 5 aromatic rings. The molecule has 0 radical (unpaired) electrons. The lowest BCUT2D eigenvalue weighted by Gasteiger charge is -2.27. The van der Waals surface area contributed by atoms with Gasteiger partial charge in [-0.15, -0.1) is 0 Å². The molecule has 1 atom stereocenters. The van der Waals surface area contributed by atoms with E-state index in [1.165, 1.54) is 13.2 Å². The molecule has 47 heavy (non-hydrogen) atoms. The summed E-state index contributed by atoms with van der Waals surface area (Å²) >= 11 is 0. The second-order valence-electron chi connectivity index (χ2n) is 12.1. The summed E-state index contributed by atoms with van der Waals surface area (Å²) in [4.78, 5) is 17.0. The third kappa shape index (κ3) is 6.12. The van der Waals surface area contributed by atoms with E-state index in [4.69, 9.17) is 23.9 Å². The van der Waals surface area contributed by atoms with Crippen molar-refractivity contribution in [1.29, 1.82) is 5.26 Å². The fraction of sp³-hybridized carbons (Fsp3) is 0.289. The number of aromatic nitrogens is 2. The Balaban J connectivity index is 1.30. The first kappa shape index (κ1) is 30.3. The number of fused-ring (bicyclic) bond motifs is 7. The molecule has 0 spiro atoms. The van der Waals surface area contributed by atoms with Crippen LogP contribution in [0.5, 0.6) is 17.2 Å².